The lowest BCUT2D eigenvalue weighted by molar-refractivity contribution is -0.119. The number of rotatable bonds is 7. The smallest absolute Gasteiger partial charge is 0.258 e. The molecule has 28 heavy (non-hydrogen) atoms. The van der Waals surface area contributed by atoms with Gasteiger partial charge in [0.2, 0.25) is 5.91 Å². The van der Waals surface area contributed by atoms with Crippen LogP contribution in [0.4, 0.5) is 0 Å². The van der Waals surface area contributed by atoms with E-state index in [0.29, 0.717) is 16.6 Å². The Morgan fingerprint density at radius 1 is 1.29 bits per heavy atom. The van der Waals surface area contributed by atoms with Crippen LogP contribution in [-0.4, -0.2) is 41.0 Å². The van der Waals surface area contributed by atoms with Crippen molar-refractivity contribution in [2.24, 2.45) is 4.99 Å². The third-order valence-electron chi connectivity index (χ3n) is 4.86. The van der Waals surface area contributed by atoms with E-state index in [2.05, 4.69) is 10.3 Å². The summed E-state index contributed by atoms with van der Waals surface area (Å²) in [5.41, 5.74) is 1.04. The number of carbonyl (C=O) groups is 2. The van der Waals surface area contributed by atoms with Crippen LogP contribution in [-0.2, 0) is 16.1 Å². The number of nitrogens with zero attached hydrogens (tertiary/aromatic N) is 2. The molecule has 8 heteroatoms. The summed E-state index contributed by atoms with van der Waals surface area (Å²) < 4.78 is 8.33. The molecule has 3 rings (SSSR count). The second-order valence-electron chi connectivity index (χ2n) is 6.86. The molecule has 152 valence electrons. The van der Waals surface area contributed by atoms with Gasteiger partial charge in [0.1, 0.15) is 5.75 Å². The third kappa shape index (κ3) is 5.38. The summed E-state index contributed by atoms with van der Waals surface area (Å²) in [6.45, 7) is 2.76. The number of ether oxygens (including phenoxy) is 1. The highest BCUT2D eigenvalue weighted by atomic mass is 32.2. The van der Waals surface area contributed by atoms with Gasteiger partial charge >= 0.3 is 0 Å². The lowest BCUT2D eigenvalue weighted by atomic mass is 9.95. The quantitative estimate of drug-likeness (QED) is 0.744. The number of hydrogen-bond acceptors (Lipinski definition) is 5. The van der Waals surface area contributed by atoms with Crippen LogP contribution >= 0.6 is 23.1 Å². The van der Waals surface area contributed by atoms with Crippen molar-refractivity contribution in [1.29, 1.82) is 0 Å². The zero-order valence-electron chi connectivity index (χ0n) is 16.4. The van der Waals surface area contributed by atoms with Crippen LogP contribution in [0.15, 0.2) is 23.2 Å². The Bertz CT molecular complexity index is 898. The van der Waals surface area contributed by atoms with E-state index >= 15 is 0 Å². The zero-order valence-corrected chi connectivity index (χ0v) is 18.0. The van der Waals surface area contributed by atoms with Gasteiger partial charge in [-0.25, -0.2) is 0 Å². The molecule has 0 atom stereocenters. The minimum atomic E-state index is -0.212. The molecule has 6 nitrogen and oxygen atoms in total. The molecule has 0 spiro atoms. The Hall–Kier alpha value is -1.80. The van der Waals surface area contributed by atoms with Crippen molar-refractivity contribution < 1.29 is 14.3 Å². The fourth-order valence-corrected chi connectivity index (χ4v) is 5.21. The minimum Gasteiger partial charge on any atom is -0.497 e. The summed E-state index contributed by atoms with van der Waals surface area (Å²) in [5.74, 6) is 1.10. The van der Waals surface area contributed by atoms with Gasteiger partial charge in [-0.15, -0.1) is 11.8 Å². The molecule has 0 bridgehead atoms. The highest BCUT2D eigenvalue weighted by Crippen LogP contribution is 2.23. The van der Waals surface area contributed by atoms with Crippen LogP contribution in [0.25, 0.3) is 10.2 Å². The Kier molecular flexibility index (Phi) is 7.56. The number of amides is 2. The molecule has 2 amide bonds. The highest BCUT2D eigenvalue weighted by molar-refractivity contribution is 8.00. The van der Waals surface area contributed by atoms with Gasteiger partial charge in [0, 0.05) is 12.6 Å². The maximum Gasteiger partial charge on any atom is 0.258 e. The predicted octanol–water partition coefficient (Wildman–Crippen LogP) is 3.34. The first-order valence-corrected chi connectivity index (χ1v) is 11.7. The van der Waals surface area contributed by atoms with Gasteiger partial charge in [0.15, 0.2) is 4.80 Å². The fraction of sp³-hybridized carbons (Fsp3) is 0.550. The molecule has 0 aliphatic heterocycles. The van der Waals surface area contributed by atoms with E-state index in [0.717, 1.165) is 35.4 Å². The maximum absolute atomic E-state index is 12.3. The van der Waals surface area contributed by atoms with Gasteiger partial charge in [-0.2, -0.15) is 4.99 Å². The molecule has 0 saturated heterocycles. The molecular formula is C20H27N3O3S2. The van der Waals surface area contributed by atoms with E-state index < -0.39 is 0 Å². The number of fused-ring (bicyclic) bond motifs is 1. The molecule has 1 fully saturated rings. The Morgan fingerprint density at radius 2 is 2.07 bits per heavy atom. The van der Waals surface area contributed by atoms with Crippen LogP contribution in [0.1, 0.15) is 39.0 Å². The average molecular weight is 422 g/mol. The maximum atomic E-state index is 12.3. The Labute approximate surface area is 173 Å². The number of hydrogen-bond donors (Lipinski definition) is 1. The van der Waals surface area contributed by atoms with E-state index in [1.54, 1.807) is 7.11 Å². The average Bonchev–Trinajstić information content (AvgIpc) is 3.04. The summed E-state index contributed by atoms with van der Waals surface area (Å²) in [4.78, 5) is 29.3. The summed E-state index contributed by atoms with van der Waals surface area (Å²) in [6.07, 6.45) is 5.78. The van der Waals surface area contributed by atoms with Crippen molar-refractivity contribution in [2.45, 2.75) is 51.6 Å². The van der Waals surface area contributed by atoms with Crippen molar-refractivity contribution in [3.05, 3.63) is 23.0 Å². The van der Waals surface area contributed by atoms with E-state index in [1.807, 2.05) is 29.7 Å². The molecule has 1 N–H and O–H groups in total. The highest BCUT2D eigenvalue weighted by Gasteiger charge is 2.16. The number of methoxy groups -OCH3 is 1. The van der Waals surface area contributed by atoms with Crippen molar-refractivity contribution in [3.63, 3.8) is 0 Å². The topological polar surface area (TPSA) is 72.7 Å². The van der Waals surface area contributed by atoms with Crippen LogP contribution in [0.5, 0.6) is 5.75 Å². The summed E-state index contributed by atoms with van der Waals surface area (Å²) in [5, 5.41) is 3.07. The Morgan fingerprint density at radius 3 is 2.79 bits per heavy atom. The van der Waals surface area contributed by atoms with Gasteiger partial charge in [-0.3, -0.25) is 9.59 Å². The minimum absolute atomic E-state index is 0.0160. The molecule has 1 aliphatic carbocycles. The van der Waals surface area contributed by atoms with Crippen LogP contribution in [0, 0.1) is 0 Å². The van der Waals surface area contributed by atoms with Gasteiger partial charge < -0.3 is 14.6 Å². The van der Waals surface area contributed by atoms with E-state index in [9.17, 15) is 9.59 Å². The molecule has 1 aromatic heterocycles. The first-order valence-electron chi connectivity index (χ1n) is 9.72. The molecule has 0 radical (unpaired) electrons. The van der Waals surface area contributed by atoms with Gasteiger partial charge in [0.05, 0.1) is 28.8 Å². The predicted molar refractivity (Wildman–Crippen MR) is 115 cm³/mol. The third-order valence-corrected chi connectivity index (χ3v) is 6.81. The van der Waals surface area contributed by atoms with Crippen molar-refractivity contribution >= 4 is 45.1 Å². The van der Waals surface area contributed by atoms with Gasteiger partial charge in [-0.05, 0) is 38.0 Å². The molecule has 1 aromatic carbocycles. The summed E-state index contributed by atoms with van der Waals surface area (Å²) in [7, 11) is 1.64. The van der Waals surface area contributed by atoms with E-state index in [4.69, 9.17) is 4.74 Å². The molecule has 1 aliphatic rings. The van der Waals surface area contributed by atoms with Crippen LogP contribution in [0.2, 0.25) is 0 Å². The zero-order chi connectivity index (χ0) is 19.9. The molecular weight excluding hydrogens is 394 g/mol. The normalized spacial score (nSPS) is 15.7. The lowest BCUT2D eigenvalue weighted by Gasteiger charge is -2.22. The fourth-order valence-electron chi connectivity index (χ4n) is 3.46. The monoisotopic (exact) mass is 421 g/mol. The van der Waals surface area contributed by atoms with Crippen molar-refractivity contribution in [2.75, 3.05) is 18.6 Å². The standard InChI is InChI=1S/C20H27N3O3S2/c1-3-23-16-10-9-15(26-2)11-17(16)28-20(23)22-19(25)13-27-12-18(24)21-14-7-5-4-6-8-14/h9-11,14H,3-8,12-13H2,1-2H3,(H,21,24). The number of thiazole rings is 1. The lowest BCUT2D eigenvalue weighted by Crippen LogP contribution is -2.37. The number of thioether (sulfide) groups is 1. The number of benzene rings is 1. The molecule has 1 saturated carbocycles. The number of carbonyl (C=O) groups excluding carboxylic acids is 2. The van der Waals surface area contributed by atoms with Crippen LogP contribution in [0.3, 0.4) is 0 Å². The van der Waals surface area contributed by atoms with Crippen LogP contribution < -0.4 is 14.9 Å². The molecule has 0 unspecified atom stereocenters. The number of nitrogens with one attached hydrogen (secondary N) is 1. The second kappa shape index (κ2) is 10.1. The number of aryl methyl sites for hydroxylation is 1. The SMILES string of the molecule is CCn1c(=NC(=O)CSCC(=O)NC2CCCCC2)sc2cc(OC)ccc21. The van der Waals surface area contributed by atoms with Crippen molar-refractivity contribution in [1.82, 2.24) is 9.88 Å². The van der Waals surface area contributed by atoms with E-state index in [1.165, 1.54) is 42.4 Å². The molecule has 1 heterocycles. The largest absolute Gasteiger partial charge is 0.497 e. The first-order chi connectivity index (χ1) is 13.6. The Balaban J connectivity index is 1.58. The van der Waals surface area contributed by atoms with E-state index in [-0.39, 0.29) is 17.6 Å². The van der Waals surface area contributed by atoms with Gasteiger partial charge in [0.25, 0.3) is 5.91 Å². The van der Waals surface area contributed by atoms with Gasteiger partial charge in [-0.1, -0.05) is 30.6 Å². The summed E-state index contributed by atoms with van der Waals surface area (Å²) in [6, 6.07) is 6.16. The molecule has 2 aromatic rings. The first kappa shape index (κ1) is 20.9. The number of aromatic nitrogens is 1. The second-order valence-corrected chi connectivity index (χ2v) is 8.86. The summed E-state index contributed by atoms with van der Waals surface area (Å²) >= 11 is 2.80. The van der Waals surface area contributed by atoms with Crippen molar-refractivity contribution in [3.8, 4) is 5.75 Å².